The van der Waals surface area contributed by atoms with Gasteiger partial charge in [0.05, 0.1) is 22.5 Å². The van der Waals surface area contributed by atoms with Gasteiger partial charge in [0.15, 0.2) is 0 Å². The fraction of sp³-hybridized carbons (Fsp3) is 0.263. The molecule has 2 aromatic carbocycles. The highest BCUT2D eigenvalue weighted by Crippen LogP contribution is 2.19. The average Bonchev–Trinajstić information content (AvgIpc) is 2.65. The highest BCUT2D eigenvalue weighted by atomic mass is 32.2. The third-order valence-corrected chi connectivity index (χ3v) is 4.95. The van der Waals surface area contributed by atoms with E-state index >= 15 is 0 Å². The molecule has 0 aliphatic heterocycles. The predicted octanol–water partition coefficient (Wildman–Crippen LogP) is 1.44. The number of amides is 1. The molecule has 2 aromatic rings. The average molecular weight is 442 g/mol. The molecule has 0 spiro atoms. The molecule has 0 fully saturated rings. The van der Waals surface area contributed by atoms with Crippen LogP contribution in [-0.2, 0) is 26.1 Å². The first-order valence-electron chi connectivity index (χ1n) is 8.63. The van der Waals surface area contributed by atoms with E-state index in [0.717, 1.165) is 12.1 Å². The lowest BCUT2D eigenvalue weighted by Gasteiger charge is -2.31. The van der Waals surface area contributed by atoms with Crippen molar-refractivity contribution in [3.05, 3.63) is 65.2 Å². The topological polar surface area (TPSA) is 136 Å². The fourth-order valence-corrected chi connectivity index (χ4v) is 3.26. The molecule has 30 heavy (non-hydrogen) atoms. The van der Waals surface area contributed by atoms with Crippen molar-refractivity contribution in [3.63, 3.8) is 0 Å². The molecule has 0 saturated heterocycles. The summed E-state index contributed by atoms with van der Waals surface area (Å²) in [7, 11) is -4.46. The third kappa shape index (κ3) is 6.31. The number of hydrogen-bond donors (Lipinski definition) is 3. The molecule has 0 bridgehead atoms. The molecule has 0 heterocycles. The first kappa shape index (κ1) is 23.4. The minimum absolute atomic E-state index is 0.0528. The van der Waals surface area contributed by atoms with E-state index in [-0.39, 0.29) is 17.9 Å². The quantitative estimate of drug-likeness (QED) is 0.416. The van der Waals surface area contributed by atoms with E-state index in [1.807, 2.05) is 0 Å². The second-order valence-electron chi connectivity index (χ2n) is 6.80. The van der Waals surface area contributed by atoms with Crippen molar-refractivity contribution >= 4 is 22.0 Å². The molecule has 1 amide bonds. The van der Waals surface area contributed by atoms with E-state index in [1.54, 1.807) is 0 Å². The van der Waals surface area contributed by atoms with Gasteiger partial charge in [0.2, 0.25) is 0 Å². The van der Waals surface area contributed by atoms with Crippen molar-refractivity contribution in [1.29, 1.82) is 0 Å². The van der Waals surface area contributed by atoms with Crippen molar-refractivity contribution < 1.29 is 36.1 Å². The van der Waals surface area contributed by atoms with E-state index in [2.05, 4.69) is 5.32 Å². The van der Waals surface area contributed by atoms with E-state index in [9.17, 15) is 31.3 Å². The van der Waals surface area contributed by atoms with Crippen LogP contribution in [0.15, 0.2) is 47.4 Å². The largest absolute Gasteiger partial charge is 0.462 e. The van der Waals surface area contributed by atoms with Gasteiger partial charge in [-0.05, 0) is 43.2 Å². The summed E-state index contributed by atoms with van der Waals surface area (Å²) in [6.45, 7) is 0.707. The highest BCUT2D eigenvalue weighted by Gasteiger charge is 2.30. The maximum atomic E-state index is 14.0. The van der Waals surface area contributed by atoms with Crippen LogP contribution in [0.25, 0.3) is 0 Å². The molecule has 11 heteroatoms. The molecule has 0 aliphatic carbocycles. The summed E-state index contributed by atoms with van der Waals surface area (Å²) in [5.41, 5.74) is 3.83. The summed E-state index contributed by atoms with van der Waals surface area (Å²) < 4.78 is 64.0. The summed E-state index contributed by atoms with van der Waals surface area (Å²) in [4.78, 5) is 23.7. The van der Waals surface area contributed by atoms with Crippen LogP contribution in [-0.4, -0.2) is 43.5 Å². The summed E-state index contributed by atoms with van der Waals surface area (Å²) in [5.74, 6) is -3.59. The van der Waals surface area contributed by atoms with Crippen molar-refractivity contribution in [3.8, 4) is 0 Å². The third-order valence-electron chi connectivity index (χ3n) is 4.10. The Kier molecular flexibility index (Phi) is 7.24. The maximum Gasteiger partial charge on any atom is 0.319 e. The zero-order chi connectivity index (χ0) is 22.5. The zero-order valence-corrected chi connectivity index (χ0v) is 16.7. The van der Waals surface area contributed by atoms with Gasteiger partial charge in [-0.15, -0.1) is 0 Å². The second-order valence-corrected chi connectivity index (χ2v) is 8.22. The van der Waals surface area contributed by atoms with Gasteiger partial charge in [-0.1, -0.05) is 12.1 Å². The van der Waals surface area contributed by atoms with Gasteiger partial charge < -0.3 is 15.8 Å². The normalized spacial score (nSPS) is 13.4. The number of rotatable bonds is 8. The van der Waals surface area contributed by atoms with Crippen molar-refractivity contribution in [2.24, 2.45) is 5.73 Å². The van der Waals surface area contributed by atoms with Gasteiger partial charge in [-0.25, -0.2) is 8.78 Å². The molecule has 1 atom stereocenters. The van der Waals surface area contributed by atoms with E-state index in [4.69, 9.17) is 10.5 Å². The Morgan fingerprint density at radius 1 is 1.20 bits per heavy atom. The molecule has 2 rings (SSSR count). The molecule has 8 nitrogen and oxygen atoms in total. The van der Waals surface area contributed by atoms with Crippen LogP contribution in [0.5, 0.6) is 0 Å². The molecule has 0 aliphatic rings. The standard InChI is InChI=1S/C19H20F2N2O6S/c1-19(11-29-17(24)10-22,9-12-3-2-4-14(7-12)30(26,27)28)23-18(25)15-6-5-13(20)8-16(15)21/h2-8H,9-11,22H2,1H3,(H,23,25)(H,26,27,28). The lowest BCUT2D eigenvalue weighted by molar-refractivity contribution is -0.143. The molecular weight excluding hydrogens is 422 g/mol. The number of ether oxygens (including phenoxy) is 1. The summed E-state index contributed by atoms with van der Waals surface area (Å²) in [6.07, 6.45) is -0.0528. The van der Waals surface area contributed by atoms with Crippen LogP contribution < -0.4 is 11.1 Å². The lowest BCUT2D eigenvalue weighted by atomic mass is 9.93. The SMILES string of the molecule is CC(COC(=O)CN)(Cc1cccc(S(=O)(=O)O)c1)NC(=O)c1ccc(F)cc1F. The van der Waals surface area contributed by atoms with Crippen molar-refractivity contribution in [1.82, 2.24) is 5.32 Å². The Bertz CT molecular complexity index is 1060. The lowest BCUT2D eigenvalue weighted by Crippen LogP contribution is -2.52. The van der Waals surface area contributed by atoms with Gasteiger partial charge in [0, 0.05) is 6.07 Å². The summed E-state index contributed by atoms with van der Waals surface area (Å²) in [5, 5.41) is 2.52. The Balaban J connectivity index is 2.33. The number of halogens is 2. The molecule has 1 unspecified atom stereocenters. The number of benzene rings is 2. The van der Waals surface area contributed by atoms with Gasteiger partial charge in [-0.2, -0.15) is 8.42 Å². The Labute approximate surface area is 171 Å². The smallest absolute Gasteiger partial charge is 0.319 e. The first-order valence-corrected chi connectivity index (χ1v) is 10.1. The summed E-state index contributed by atoms with van der Waals surface area (Å²) >= 11 is 0. The fourth-order valence-electron chi connectivity index (χ4n) is 2.71. The number of nitrogens with one attached hydrogen (secondary N) is 1. The Morgan fingerprint density at radius 3 is 2.50 bits per heavy atom. The number of esters is 1. The van der Waals surface area contributed by atoms with E-state index < -0.39 is 51.3 Å². The minimum atomic E-state index is -4.46. The maximum absolute atomic E-state index is 14.0. The molecule has 4 N–H and O–H groups in total. The Morgan fingerprint density at radius 2 is 1.90 bits per heavy atom. The number of nitrogens with two attached hydrogens (primary N) is 1. The monoisotopic (exact) mass is 442 g/mol. The van der Waals surface area contributed by atoms with Crippen LogP contribution >= 0.6 is 0 Å². The summed E-state index contributed by atoms with van der Waals surface area (Å²) in [6, 6.07) is 7.70. The molecule has 0 radical (unpaired) electrons. The molecule has 0 aromatic heterocycles. The number of carbonyl (C=O) groups is 2. The van der Waals surface area contributed by atoms with Crippen LogP contribution in [0, 0.1) is 11.6 Å². The van der Waals surface area contributed by atoms with Crippen LogP contribution in [0.2, 0.25) is 0 Å². The number of hydrogen-bond acceptors (Lipinski definition) is 6. The van der Waals surface area contributed by atoms with Gasteiger partial charge >= 0.3 is 5.97 Å². The minimum Gasteiger partial charge on any atom is -0.462 e. The van der Waals surface area contributed by atoms with E-state index in [1.165, 1.54) is 31.2 Å². The number of carbonyl (C=O) groups excluding carboxylic acids is 2. The van der Waals surface area contributed by atoms with Crippen LogP contribution in [0.3, 0.4) is 0 Å². The first-order chi connectivity index (χ1) is 13.9. The highest BCUT2D eigenvalue weighted by molar-refractivity contribution is 7.85. The Hall–Kier alpha value is -2.89. The zero-order valence-electron chi connectivity index (χ0n) is 15.9. The molecular formula is C19H20F2N2O6S. The van der Waals surface area contributed by atoms with Crippen LogP contribution in [0.4, 0.5) is 8.78 Å². The molecule has 162 valence electrons. The van der Waals surface area contributed by atoms with Crippen molar-refractivity contribution in [2.75, 3.05) is 13.2 Å². The van der Waals surface area contributed by atoms with Gasteiger partial charge in [-0.3, -0.25) is 14.1 Å². The second kappa shape index (κ2) is 9.28. The van der Waals surface area contributed by atoms with Crippen LogP contribution in [0.1, 0.15) is 22.8 Å². The van der Waals surface area contributed by atoms with Crippen molar-refractivity contribution in [2.45, 2.75) is 23.8 Å². The predicted molar refractivity (Wildman–Crippen MR) is 102 cm³/mol. The van der Waals surface area contributed by atoms with Gasteiger partial charge in [0.25, 0.3) is 16.0 Å². The van der Waals surface area contributed by atoms with Gasteiger partial charge in [0.1, 0.15) is 18.2 Å². The molecule has 0 saturated carbocycles. The van der Waals surface area contributed by atoms with E-state index in [0.29, 0.717) is 11.6 Å².